The summed E-state index contributed by atoms with van der Waals surface area (Å²) in [5.74, 6) is 0.759. The van der Waals surface area contributed by atoms with Crippen molar-refractivity contribution in [3.8, 4) is 0 Å². The summed E-state index contributed by atoms with van der Waals surface area (Å²) >= 11 is 1.91. The first-order chi connectivity index (χ1) is 8.54. The summed E-state index contributed by atoms with van der Waals surface area (Å²) < 4.78 is 0. The lowest BCUT2D eigenvalue weighted by molar-refractivity contribution is 0.266. The monoisotopic (exact) mass is 269 g/mol. The van der Waals surface area contributed by atoms with Crippen molar-refractivity contribution in [3.05, 3.63) is 0 Å². The van der Waals surface area contributed by atoms with E-state index in [1.165, 1.54) is 31.1 Å². The van der Waals surface area contributed by atoms with Crippen molar-refractivity contribution in [2.75, 3.05) is 19.6 Å². The van der Waals surface area contributed by atoms with Crippen LogP contribution in [0.4, 0.5) is 0 Å². The molecule has 0 aliphatic carbocycles. The number of likely N-dealkylation sites (tertiary alicyclic amines) is 1. The Hall–Kier alpha value is -0.220. The van der Waals surface area contributed by atoms with Crippen LogP contribution in [0.3, 0.4) is 0 Å². The second kappa shape index (κ2) is 6.29. The molecule has 2 aliphatic rings. The van der Waals surface area contributed by atoms with Crippen molar-refractivity contribution in [1.82, 2.24) is 10.2 Å². The number of nitrogens with zero attached hydrogens (tertiary/aromatic N) is 2. The van der Waals surface area contributed by atoms with Crippen LogP contribution in [0.1, 0.15) is 40.5 Å². The molecule has 104 valence electrons. The summed E-state index contributed by atoms with van der Waals surface area (Å²) in [6.07, 6.45) is 2.55. The van der Waals surface area contributed by atoms with Crippen molar-refractivity contribution in [2.45, 2.75) is 57.9 Å². The van der Waals surface area contributed by atoms with Crippen LogP contribution in [0.15, 0.2) is 4.99 Å². The second-order valence-corrected chi connectivity index (χ2v) is 7.53. The lowest BCUT2D eigenvalue weighted by atomic mass is 10.1. The summed E-state index contributed by atoms with van der Waals surface area (Å²) in [4.78, 5) is 7.37. The Morgan fingerprint density at radius 2 is 2.22 bits per heavy atom. The van der Waals surface area contributed by atoms with E-state index in [9.17, 15) is 0 Å². The zero-order valence-corrected chi connectivity index (χ0v) is 13.0. The molecule has 0 aromatic carbocycles. The molecule has 0 amide bonds. The van der Waals surface area contributed by atoms with Gasteiger partial charge in [0, 0.05) is 30.4 Å². The van der Waals surface area contributed by atoms with E-state index in [4.69, 9.17) is 4.99 Å². The number of thioether (sulfide) groups is 1. The van der Waals surface area contributed by atoms with E-state index in [1.807, 2.05) is 11.8 Å². The van der Waals surface area contributed by atoms with E-state index in [-0.39, 0.29) is 0 Å². The number of rotatable bonds is 3. The molecule has 2 fully saturated rings. The molecule has 0 radical (unpaired) electrons. The topological polar surface area (TPSA) is 27.6 Å². The Labute approximate surface area is 116 Å². The highest BCUT2D eigenvalue weighted by Gasteiger charge is 2.25. The van der Waals surface area contributed by atoms with Gasteiger partial charge in [0.25, 0.3) is 0 Å². The fourth-order valence-electron chi connectivity index (χ4n) is 2.82. The molecule has 3 nitrogen and oxygen atoms in total. The minimum atomic E-state index is 0.579. The van der Waals surface area contributed by atoms with Crippen molar-refractivity contribution in [2.24, 2.45) is 10.9 Å². The van der Waals surface area contributed by atoms with E-state index >= 15 is 0 Å². The highest BCUT2D eigenvalue weighted by Crippen LogP contribution is 2.23. The lowest BCUT2D eigenvalue weighted by Gasteiger charge is -2.27. The molecule has 1 N–H and O–H groups in total. The molecule has 2 saturated heterocycles. The van der Waals surface area contributed by atoms with Gasteiger partial charge >= 0.3 is 0 Å². The molecular weight excluding hydrogens is 242 g/mol. The van der Waals surface area contributed by atoms with Crippen molar-refractivity contribution >= 4 is 16.9 Å². The average Bonchev–Trinajstić information content (AvgIpc) is 2.73. The molecular formula is C14H27N3S. The smallest absolute Gasteiger partial charge is 0.157 e. The summed E-state index contributed by atoms with van der Waals surface area (Å²) in [6.45, 7) is 12.6. The second-order valence-electron chi connectivity index (χ2n) is 6.10. The Balaban J connectivity index is 1.80. The predicted molar refractivity (Wildman–Crippen MR) is 81.4 cm³/mol. The first kappa shape index (κ1) is 14.2. The molecule has 0 saturated carbocycles. The van der Waals surface area contributed by atoms with Gasteiger partial charge in [-0.15, -0.1) is 0 Å². The lowest BCUT2D eigenvalue weighted by Crippen LogP contribution is -2.38. The number of hydrogen-bond donors (Lipinski definition) is 1. The molecule has 3 unspecified atom stereocenters. The van der Waals surface area contributed by atoms with Crippen LogP contribution >= 0.6 is 11.8 Å². The SMILES string of the molecule is CC1CC(C)SC(=NCC2CCN(C(C)C)C2)N1. The van der Waals surface area contributed by atoms with Gasteiger partial charge in [0.1, 0.15) is 0 Å². The first-order valence-electron chi connectivity index (χ1n) is 7.26. The molecule has 18 heavy (non-hydrogen) atoms. The first-order valence-corrected chi connectivity index (χ1v) is 8.14. The number of hydrogen-bond acceptors (Lipinski definition) is 3. The molecule has 0 aromatic heterocycles. The van der Waals surface area contributed by atoms with Crippen LogP contribution in [0.2, 0.25) is 0 Å². The molecule has 0 bridgehead atoms. The van der Waals surface area contributed by atoms with Crippen LogP contribution in [0, 0.1) is 5.92 Å². The predicted octanol–water partition coefficient (Wildman–Crippen LogP) is 2.58. The quantitative estimate of drug-likeness (QED) is 0.853. The molecule has 2 aliphatic heterocycles. The van der Waals surface area contributed by atoms with Gasteiger partial charge in [-0.2, -0.15) is 0 Å². The van der Waals surface area contributed by atoms with Crippen molar-refractivity contribution in [1.29, 1.82) is 0 Å². The Morgan fingerprint density at radius 3 is 2.83 bits per heavy atom. The maximum absolute atomic E-state index is 4.80. The molecule has 2 rings (SSSR count). The minimum absolute atomic E-state index is 0.579. The van der Waals surface area contributed by atoms with Crippen molar-refractivity contribution in [3.63, 3.8) is 0 Å². The Bertz CT molecular complexity index is 291. The maximum atomic E-state index is 4.80. The number of nitrogens with one attached hydrogen (secondary N) is 1. The summed E-state index contributed by atoms with van der Waals surface area (Å²) in [7, 11) is 0. The van der Waals surface area contributed by atoms with Crippen LogP contribution in [-0.4, -0.2) is 47.0 Å². The molecule has 2 heterocycles. The van der Waals surface area contributed by atoms with Crippen LogP contribution in [0.5, 0.6) is 0 Å². The summed E-state index contributed by atoms with van der Waals surface area (Å²) in [5, 5.41) is 5.38. The van der Waals surface area contributed by atoms with Crippen LogP contribution in [-0.2, 0) is 0 Å². The average molecular weight is 269 g/mol. The zero-order chi connectivity index (χ0) is 13.1. The molecule has 3 atom stereocenters. The third-order valence-corrected chi connectivity index (χ3v) is 4.97. The minimum Gasteiger partial charge on any atom is -0.362 e. The summed E-state index contributed by atoms with van der Waals surface area (Å²) in [5.41, 5.74) is 0. The van der Waals surface area contributed by atoms with E-state index in [0.717, 1.165) is 12.5 Å². The summed E-state index contributed by atoms with van der Waals surface area (Å²) in [6, 6.07) is 1.26. The van der Waals surface area contributed by atoms with Gasteiger partial charge in [0.2, 0.25) is 0 Å². The van der Waals surface area contributed by atoms with Gasteiger partial charge in [-0.3, -0.25) is 4.99 Å². The largest absolute Gasteiger partial charge is 0.362 e. The van der Waals surface area contributed by atoms with E-state index in [0.29, 0.717) is 17.3 Å². The van der Waals surface area contributed by atoms with Gasteiger partial charge in [0.15, 0.2) is 5.17 Å². The van der Waals surface area contributed by atoms with E-state index < -0.39 is 0 Å². The highest BCUT2D eigenvalue weighted by molar-refractivity contribution is 8.14. The fraction of sp³-hybridized carbons (Fsp3) is 0.929. The normalized spacial score (nSPS) is 36.3. The van der Waals surface area contributed by atoms with Gasteiger partial charge in [-0.25, -0.2) is 0 Å². The van der Waals surface area contributed by atoms with E-state index in [2.05, 4.69) is 37.9 Å². The fourth-order valence-corrected chi connectivity index (χ4v) is 4.00. The van der Waals surface area contributed by atoms with Gasteiger partial charge in [-0.05, 0) is 46.1 Å². The third kappa shape index (κ3) is 3.89. The Kier molecular flexibility index (Phi) is 4.96. The molecule has 0 spiro atoms. The number of amidine groups is 1. The van der Waals surface area contributed by atoms with Crippen LogP contribution in [0.25, 0.3) is 0 Å². The Morgan fingerprint density at radius 1 is 1.44 bits per heavy atom. The van der Waals surface area contributed by atoms with Gasteiger partial charge < -0.3 is 10.2 Å². The standard InChI is InChI=1S/C14H27N3S/c1-10(2)17-6-5-13(9-17)8-15-14-16-11(3)7-12(4)18-14/h10-13H,5-9H2,1-4H3,(H,15,16). The molecule has 0 aromatic rings. The highest BCUT2D eigenvalue weighted by atomic mass is 32.2. The van der Waals surface area contributed by atoms with Crippen LogP contribution < -0.4 is 5.32 Å². The van der Waals surface area contributed by atoms with Crippen molar-refractivity contribution < 1.29 is 0 Å². The van der Waals surface area contributed by atoms with Gasteiger partial charge in [0.05, 0.1) is 0 Å². The number of aliphatic imine (C=N–C) groups is 1. The maximum Gasteiger partial charge on any atom is 0.157 e. The molecule has 4 heteroatoms. The zero-order valence-electron chi connectivity index (χ0n) is 12.1. The van der Waals surface area contributed by atoms with Gasteiger partial charge in [-0.1, -0.05) is 18.7 Å². The third-order valence-electron chi connectivity index (χ3n) is 3.91. The van der Waals surface area contributed by atoms with E-state index in [1.54, 1.807) is 0 Å².